The van der Waals surface area contributed by atoms with Crippen molar-refractivity contribution in [3.05, 3.63) is 39.4 Å². The fourth-order valence-corrected chi connectivity index (χ4v) is 4.70. The maximum atomic E-state index is 13.0. The third-order valence-electron chi connectivity index (χ3n) is 4.13. The number of halogens is 4. The molecule has 1 aliphatic heterocycles. The molecule has 0 atom stereocenters. The molecule has 1 saturated heterocycles. The quantitative estimate of drug-likeness (QED) is 0.633. The molecule has 1 aromatic heterocycles. The molecule has 1 fully saturated rings. The van der Waals surface area contributed by atoms with Crippen LogP contribution in [-0.4, -0.2) is 45.6 Å². The molecule has 0 saturated carbocycles. The molecule has 2 heterocycles. The summed E-state index contributed by atoms with van der Waals surface area (Å²) in [6.45, 7) is 3.87. The van der Waals surface area contributed by atoms with Crippen LogP contribution in [0.2, 0.25) is 5.02 Å². The Kier molecular flexibility index (Phi) is 6.57. The van der Waals surface area contributed by atoms with Crippen LogP contribution < -0.4 is 15.2 Å². The number of hydrogen-bond acceptors (Lipinski definition) is 7. The van der Waals surface area contributed by atoms with Gasteiger partial charge in [0.1, 0.15) is 4.88 Å². The van der Waals surface area contributed by atoms with E-state index in [2.05, 4.69) is 4.98 Å². The third kappa shape index (κ3) is 5.03. The molecule has 0 unspecified atom stereocenters. The number of aryl methyl sites for hydroxylation is 1. The average Bonchev–Trinajstić information content (AvgIpc) is 3.08. The smallest absolute Gasteiger partial charge is 0.378 e. The van der Waals surface area contributed by atoms with Gasteiger partial charge in [-0.2, -0.15) is 13.2 Å². The molecule has 0 bridgehead atoms. The van der Waals surface area contributed by atoms with E-state index < -0.39 is 37.6 Å². The van der Waals surface area contributed by atoms with Crippen LogP contribution in [0.15, 0.2) is 23.1 Å². The summed E-state index contributed by atoms with van der Waals surface area (Å²) < 4.78 is 68.8. The Hall–Kier alpha value is -1.93. The van der Waals surface area contributed by atoms with Gasteiger partial charge in [0, 0.05) is 13.1 Å². The summed E-state index contributed by atoms with van der Waals surface area (Å²) >= 11 is 6.57. The number of ether oxygens (including phenoxy) is 1. The number of amides is 1. The Morgan fingerprint density at radius 2 is 1.97 bits per heavy atom. The second kappa shape index (κ2) is 8.67. The number of thiazole rings is 1. The number of benzene rings is 1. The number of sulfonamides is 1. The number of aromatic nitrogens is 1. The molecule has 14 heteroatoms. The predicted molar refractivity (Wildman–Crippen MR) is 104 cm³/mol. The zero-order valence-electron chi connectivity index (χ0n) is 15.4. The van der Waals surface area contributed by atoms with Gasteiger partial charge in [0.15, 0.2) is 5.13 Å². The lowest BCUT2D eigenvalue weighted by molar-refractivity contribution is -0.137. The Morgan fingerprint density at radius 3 is 2.60 bits per heavy atom. The molecule has 3 rings (SSSR count). The molecule has 1 amide bonds. The van der Waals surface area contributed by atoms with Crippen LogP contribution in [0.25, 0.3) is 0 Å². The van der Waals surface area contributed by atoms with E-state index in [0.29, 0.717) is 43.2 Å². The van der Waals surface area contributed by atoms with Crippen molar-refractivity contribution in [3.8, 4) is 0 Å². The Balaban J connectivity index is 1.73. The monoisotopic (exact) mass is 484 g/mol. The summed E-state index contributed by atoms with van der Waals surface area (Å²) in [4.78, 5) is 19.9. The van der Waals surface area contributed by atoms with Gasteiger partial charge in [-0.15, -0.1) is 4.83 Å². The number of carbonyl (C=O) groups excluding carboxylic acids is 1. The van der Waals surface area contributed by atoms with Gasteiger partial charge >= 0.3 is 6.18 Å². The average molecular weight is 485 g/mol. The molecule has 0 aliphatic carbocycles. The van der Waals surface area contributed by atoms with Crippen molar-refractivity contribution in [2.45, 2.75) is 18.0 Å². The second-order valence-electron chi connectivity index (χ2n) is 6.21. The first kappa shape index (κ1) is 22.7. The highest BCUT2D eigenvalue weighted by Gasteiger charge is 2.34. The highest BCUT2D eigenvalue weighted by Crippen LogP contribution is 2.35. The van der Waals surface area contributed by atoms with Gasteiger partial charge < -0.3 is 9.64 Å². The Labute approximate surface area is 179 Å². The Bertz CT molecular complexity index is 1050. The van der Waals surface area contributed by atoms with E-state index in [1.807, 2.05) is 10.3 Å². The van der Waals surface area contributed by atoms with Gasteiger partial charge in [0.05, 0.1) is 34.4 Å². The number of alkyl halides is 3. The minimum atomic E-state index is -4.83. The number of nitrogens with one attached hydrogen (secondary N) is 2. The Morgan fingerprint density at radius 1 is 1.30 bits per heavy atom. The zero-order chi connectivity index (χ0) is 22.1. The maximum Gasteiger partial charge on any atom is 0.417 e. The van der Waals surface area contributed by atoms with E-state index in [1.165, 1.54) is 0 Å². The van der Waals surface area contributed by atoms with Crippen LogP contribution in [0.3, 0.4) is 0 Å². The van der Waals surface area contributed by atoms with Crippen molar-refractivity contribution in [2.24, 2.45) is 0 Å². The summed E-state index contributed by atoms with van der Waals surface area (Å²) in [5.74, 6) is -0.780. The summed E-state index contributed by atoms with van der Waals surface area (Å²) in [6, 6.07) is 2.12. The third-order valence-corrected chi connectivity index (χ3v) is 6.92. The van der Waals surface area contributed by atoms with Crippen LogP contribution in [0.1, 0.15) is 20.9 Å². The predicted octanol–water partition coefficient (Wildman–Crippen LogP) is 2.58. The van der Waals surface area contributed by atoms with Crippen LogP contribution in [0.5, 0.6) is 0 Å². The highest BCUT2D eigenvalue weighted by atomic mass is 35.5. The number of hydrogen-bond donors (Lipinski definition) is 2. The van der Waals surface area contributed by atoms with Crippen LogP contribution in [0.4, 0.5) is 18.3 Å². The van der Waals surface area contributed by atoms with Crippen LogP contribution >= 0.6 is 22.9 Å². The number of nitrogens with zero attached hydrogens (tertiary/aromatic N) is 2. The first-order chi connectivity index (χ1) is 14.0. The zero-order valence-corrected chi connectivity index (χ0v) is 17.8. The lowest BCUT2D eigenvalue weighted by Gasteiger charge is -2.25. The van der Waals surface area contributed by atoms with Crippen LogP contribution in [0, 0.1) is 6.92 Å². The summed E-state index contributed by atoms with van der Waals surface area (Å²) in [7, 11) is -4.47. The molecular weight excluding hydrogens is 469 g/mol. The van der Waals surface area contributed by atoms with Crippen molar-refractivity contribution < 1.29 is 31.1 Å². The second-order valence-corrected chi connectivity index (χ2v) is 9.28. The van der Waals surface area contributed by atoms with E-state index in [4.69, 9.17) is 16.3 Å². The van der Waals surface area contributed by atoms with Crippen molar-refractivity contribution in [1.82, 2.24) is 15.2 Å². The molecule has 8 nitrogen and oxygen atoms in total. The fourth-order valence-electron chi connectivity index (χ4n) is 2.60. The molecular formula is C16H16ClF3N4O4S2. The number of carbonyl (C=O) groups is 1. The molecule has 2 N–H and O–H groups in total. The van der Waals surface area contributed by atoms with Crippen molar-refractivity contribution in [1.29, 1.82) is 0 Å². The minimum Gasteiger partial charge on any atom is -0.378 e. The lowest BCUT2D eigenvalue weighted by Crippen LogP contribution is -2.41. The maximum absolute atomic E-state index is 13.0. The first-order valence-corrected chi connectivity index (χ1v) is 11.2. The lowest BCUT2D eigenvalue weighted by atomic mass is 10.2. The molecule has 2 aromatic rings. The molecule has 0 radical (unpaired) electrons. The van der Waals surface area contributed by atoms with Gasteiger partial charge in [0.25, 0.3) is 15.9 Å². The van der Waals surface area contributed by atoms with E-state index in [9.17, 15) is 26.4 Å². The highest BCUT2D eigenvalue weighted by molar-refractivity contribution is 7.89. The van der Waals surface area contributed by atoms with Crippen molar-refractivity contribution in [2.75, 3.05) is 31.2 Å². The van der Waals surface area contributed by atoms with E-state index >= 15 is 0 Å². The van der Waals surface area contributed by atoms with E-state index in [-0.39, 0.29) is 4.88 Å². The van der Waals surface area contributed by atoms with Gasteiger partial charge in [0.2, 0.25) is 0 Å². The summed E-state index contributed by atoms with van der Waals surface area (Å²) in [6.07, 6.45) is -4.83. The number of morpholine rings is 1. The SMILES string of the molecule is Cc1nc(N2CCOCC2)sc1C(=O)NNS(=O)(=O)c1ccc(Cl)c(C(F)(F)F)c1. The standard InChI is InChI=1S/C16H16ClF3N4O4S2/c1-9-13(29-15(21-9)24-4-6-28-7-5-24)14(25)22-23-30(26,27)10-2-3-12(17)11(8-10)16(18,19)20/h2-3,8,23H,4-7H2,1H3,(H,22,25). The van der Waals surface area contributed by atoms with Gasteiger partial charge in [-0.3, -0.25) is 10.2 Å². The van der Waals surface area contributed by atoms with Gasteiger partial charge in [-0.25, -0.2) is 13.4 Å². The van der Waals surface area contributed by atoms with Gasteiger partial charge in [-0.05, 0) is 25.1 Å². The molecule has 1 aromatic carbocycles. The van der Waals surface area contributed by atoms with Crippen molar-refractivity contribution in [3.63, 3.8) is 0 Å². The summed E-state index contributed by atoms with van der Waals surface area (Å²) in [5, 5.41) is -0.0438. The molecule has 1 aliphatic rings. The van der Waals surface area contributed by atoms with E-state index in [0.717, 1.165) is 23.5 Å². The molecule has 164 valence electrons. The fraction of sp³-hybridized carbons (Fsp3) is 0.375. The number of anilines is 1. The normalized spacial score (nSPS) is 15.3. The minimum absolute atomic E-state index is 0.172. The number of hydrazine groups is 1. The molecule has 30 heavy (non-hydrogen) atoms. The largest absolute Gasteiger partial charge is 0.417 e. The molecule has 0 spiro atoms. The van der Waals surface area contributed by atoms with Crippen molar-refractivity contribution >= 4 is 44.0 Å². The topological polar surface area (TPSA) is 101 Å². The van der Waals surface area contributed by atoms with E-state index in [1.54, 1.807) is 11.8 Å². The van der Waals surface area contributed by atoms with Gasteiger partial charge in [-0.1, -0.05) is 22.9 Å². The summed E-state index contributed by atoms with van der Waals surface area (Å²) in [5.41, 5.74) is 1.10. The van der Waals surface area contributed by atoms with Crippen LogP contribution in [-0.2, 0) is 20.9 Å². The first-order valence-electron chi connectivity index (χ1n) is 8.48. The number of rotatable bonds is 5.